The molecular weight excluding hydrogens is 256 g/mol. The Morgan fingerprint density at radius 1 is 1.25 bits per heavy atom. The second kappa shape index (κ2) is 6.56. The number of benzene rings is 1. The van der Waals surface area contributed by atoms with Gasteiger partial charge in [-0.25, -0.2) is 9.78 Å². The summed E-state index contributed by atoms with van der Waals surface area (Å²) >= 11 is 0. The summed E-state index contributed by atoms with van der Waals surface area (Å²) in [6, 6.07) is 12.7. The van der Waals surface area contributed by atoms with E-state index in [4.69, 9.17) is 9.84 Å². The first-order valence-corrected chi connectivity index (χ1v) is 6.29. The second-order valence-corrected chi connectivity index (χ2v) is 4.24. The molecule has 5 heteroatoms. The van der Waals surface area contributed by atoms with Crippen molar-refractivity contribution in [1.29, 1.82) is 0 Å². The van der Waals surface area contributed by atoms with Crippen LogP contribution in [0, 0.1) is 6.92 Å². The van der Waals surface area contributed by atoms with Gasteiger partial charge in [-0.15, -0.1) is 0 Å². The van der Waals surface area contributed by atoms with E-state index >= 15 is 0 Å². The Bertz CT molecular complexity index is 585. The molecule has 0 radical (unpaired) electrons. The van der Waals surface area contributed by atoms with E-state index in [1.807, 2.05) is 37.3 Å². The SMILES string of the molecule is Cc1ccc(C(=O)O)c(NCCOc2ccccc2)n1. The molecule has 0 fully saturated rings. The maximum absolute atomic E-state index is 11.1. The van der Waals surface area contributed by atoms with Crippen LogP contribution >= 0.6 is 0 Å². The third-order valence-corrected chi connectivity index (χ3v) is 2.67. The average Bonchev–Trinajstić information content (AvgIpc) is 2.44. The zero-order valence-electron chi connectivity index (χ0n) is 11.2. The molecule has 1 aromatic carbocycles. The summed E-state index contributed by atoms with van der Waals surface area (Å²) in [5, 5.41) is 12.1. The van der Waals surface area contributed by atoms with Gasteiger partial charge < -0.3 is 15.2 Å². The number of ether oxygens (including phenoxy) is 1. The first-order chi connectivity index (χ1) is 9.66. The predicted octanol–water partition coefficient (Wildman–Crippen LogP) is 2.58. The topological polar surface area (TPSA) is 71.5 Å². The Morgan fingerprint density at radius 2 is 2.00 bits per heavy atom. The molecule has 0 atom stereocenters. The van der Waals surface area contributed by atoms with Crippen LogP contribution in [-0.4, -0.2) is 29.2 Å². The standard InChI is InChI=1S/C15H16N2O3/c1-11-7-8-13(15(18)19)14(17-11)16-9-10-20-12-5-3-2-4-6-12/h2-8H,9-10H2,1H3,(H,16,17)(H,18,19). The van der Waals surface area contributed by atoms with E-state index in [0.717, 1.165) is 11.4 Å². The minimum atomic E-state index is -0.996. The fraction of sp³-hybridized carbons (Fsp3) is 0.200. The number of para-hydroxylation sites is 1. The summed E-state index contributed by atoms with van der Waals surface area (Å²) in [5.41, 5.74) is 0.928. The number of hydrogen-bond acceptors (Lipinski definition) is 4. The van der Waals surface area contributed by atoms with Crippen molar-refractivity contribution in [2.24, 2.45) is 0 Å². The van der Waals surface area contributed by atoms with Gasteiger partial charge in [-0.05, 0) is 31.2 Å². The summed E-state index contributed by atoms with van der Waals surface area (Å²) in [6.07, 6.45) is 0. The lowest BCUT2D eigenvalue weighted by atomic mass is 10.2. The quantitative estimate of drug-likeness (QED) is 0.791. The van der Waals surface area contributed by atoms with Gasteiger partial charge in [-0.1, -0.05) is 18.2 Å². The normalized spacial score (nSPS) is 10.1. The molecule has 2 N–H and O–H groups in total. The molecule has 1 heterocycles. The lowest BCUT2D eigenvalue weighted by molar-refractivity contribution is 0.0697. The zero-order valence-corrected chi connectivity index (χ0v) is 11.2. The van der Waals surface area contributed by atoms with Crippen LogP contribution in [0.5, 0.6) is 5.75 Å². The summed E-state index contributed by atoms with van der Waals surface area (Å²) < 4.78 is 5.52. The smallest absolute Gasteiger partial charge is 0.339 e. The summed E-state index contributed by atoms with van der Waals surface area (Å²) in [5.74, 6) is 0.156. The number of rotatable bonds is 6. The Hall–Kier alpha value is -2.56. The molecule has 0 spiro atoms. The number of aromatic carboxylic acids is 1. The van der Waals surface area contributed by atoms with Crippen LogP contribution in [0.3, 0.4) is 0 Å². The maximum Gasteiger partial charge on any atom is 0.339 e. The minimum absolute atomic E-state index is 0.162. The number of pyridine rings is 1. The molecular formula is C15H16N2O3. The van der Waals surface area contributed by atoms with E-state index in [9.17, 15) is 4.79 Å². The number of anilines is 1. The van der Waals surface area contributed by atoms with Gasteiger partial charge in [0.1, 0.15) is 23.7 Å². The van der Waals surface area contributed by atoms with Crippen molar-refractivity contribution in [2.45, 2.75) is 6.92 Å². The zero-order chi connectivity index (χ0) is 14.4. The van der Waals surface area contributed by atoms with E-state index in [1.54, 1.807) is 12.1 Å². The van der Waals surface area contributed by atoms with Crippen LogP contribution < -0.4 is 10.1 Å². The Morgan fingerprint density at radius 3 is 2.70 bits per heavy atom. The van der Waals surface area contributed by atoms with Crippen LogP contribution in [-0.2, 0) is 0 Å². The molecule has 20 heavy (non-hydrogen) atoms. The summed E-state index contributed by atoms with van der Waals surface area (Å²) in [7, 11) is 0. The van der Waals surface area contributed by atoms with Crippen LogP contribution in [0.1, 0.15) is 16.1 Å². The van der Waals surface area contributed by atoms with Crippen molar-refractivity contribution >= 4 is 11.8 Å². The Kier molecular flexibility index (Phi) is 4.55. The molecule has 104 valence electrons. The molecule has 0 saturated carbocycles. The number of carbonyl (C=O) groups is 1. The van der Waals surface area contributed by atoms with E-state index in [2.05, 4.69) is 10.3 Å². The number of aromatic nitrogens is 1. The van der Waals surface area contributed by atoms with E-state index in [0.29, 0.717) is 19.0 Å². The highest BCUT2D eigenvalue weighted by molar-refractivity contribution is 5.93. The van der Waals surface area contributed by atoms with Gasteiger partial charge in [0.25, 0.3) is 0 Å². The number of carboxylic acid groups (broad SMARTS) is 1. The van der Waals surface area contributed by atoms with Gasteiger partial charge in [-0.3, -0.25) is 0 Å². The van der Waals surface area contributed by atoms with Gasteiger partial charge in [-0.2, -0.15) is 0 Å². The molecule has 5 nitrogen and oxygen atoms in total. The molecule has 1 aromatic heterocycles. The van der Waals surface area contributed by atoms with E-state index in [-0.39, 0.29) is 5.56 Å². The molecule has 0 saturated heterocycles. The summed E-state index contributed by atoms with van der Waals surface area (Å²) in [4.78, 5) is 15.3. The molecule has 2 rings (SSSR count). The fourth-order valence-electron chi connectivity index (χ4n) is 1.72. The number of nitrogens with one attached hydrogen (secondary N) is 1. The molecule has 0 aliphatic heterocycles. The Labute approximate surface area is 117 Å². The first-order valence-electron chi connectivity index (χ1n) is 6.29. The van der Waals surface area contributed by atoms with Crippen molar-refractivity contribution < 1.29 is 14.6 Å². The first kappa shape index (κ1) is 13.9. The van der Waals surface area contributed by atoms with Crippen LogP contribution in [0.4, 0.5) is 5.82 Å². The Balaban J connectivity index is 1.91. The number of aryl methyl sites for hydroxylation is 1. The monoisotopic (exact) mass is 272 g/mol. The third-order valence-electron chi connectivity index (χ3n) is 2.67. The molecule has 2 aromatic rings. The van der Waals surface area contributed by atoms with Crippen molar-refractivity contribution in [3.8, 4) is 5.75 Å². The van der Waals surface area contributed by atoms with Crippen molar-refractivity contribution in [3.63, 3.8) is 0 Å². The largest absolute Gasteiger partial charge is 0.492 e. The molecule has 0 bridgehead atoms. The van der Waals surface area contributed by atoms with Crippen LogP contribution in [0.15, 0.2) is 42.5 Å². The summed E-state index contributed by atoms with van der Waals surface area (Å²) in [6.45, 7) is 2.72. The minimum Gasteiger partial charge on any atom is -0.492 e. The van der Waals surface area contributed by atoms with Crippen LogP contribution in [0.25, 0.3) is 0 Å². The van der Waals surface area contributed by atoms with Gasteiger partial charge in [0.15, 0.2) is 0 Å². The number of nitrogens with zero attached hydrogens (tertiary/aromatic N) is 1. The number of carboxylic acids is 1. The van der Waals surface area contributed by atoms with Gasteiger partial charge >= 0.3 is 5.97 Å². The fourth-order valence-corrected chi connectivity index (χ4v) is 1.72. The molecule has 0 aliphatic rings. The second-order valence-electron chi connectivity index (χ2n) is 4.24. The van der Waals surface area contributed by atoms with Crippen LogP contribution in [0.2, 0.25) is 0 Å². The highest BCUT2D eigenvalue weighted by Gasteiger charge is 2.10. The van der Waals surface area contributed by atoms with Gasteiger partial charge in [0.05, 0.1) is 6.54 Å². The average molecular weight is 272 g/mol. The molecule has 0 aliphatic carbocycles. The van der Waals surface area contributed by atoms with E-state index in [1.165, 1.54) is 0 Å². The lowest BCUT2D eigenvalue weighted by Crippen LogP contribution is -2.15. The number of hydrogen-bond donors (Lipinski definition) is 2. The predicted molar refractivity (Wildman–Crippen MR) is 76.4 cm³/mol. The van der Waals surface area contributed by atoms with Gasteiger partial charge in [0.2, 0.25) is 0 Å². The van der Waals surface area contributed by atoms with Crippen molar-refractivity contribution in [3.05, 3.63) is 53.7 Å². The van der Waals surface area contributed by atoms with Gasteiger partial charge in [0, 0.05) is 5.69 Å². The molecule has 0 unspecified atom stereocenters. The third kappa shape index (κ3) is 3.71. The molecule has 0 amide bonds. The van der Waals surface area contributed by atoms with Crippen molar-refractivity contribution in [2.75, 3.05) is 18.5 Å². The highest BCUT2D eigenvalue weighted by atomic mass is 16.5. The highest BCUT2D eigenvalue weighted by Crippen LogP contribution is 2.13. The van der Waals surface area contributed by atoms with Crippen molar-refractivity contribution in [1.82, 2.24) is 4.98 Å². The lowest BCUT2D eigenvalue weighted by Gasteiger charge is -2.10. The van der Waals surface area contributed by atoms with E-state index < -0.39 is 5.97 Å². The maximum atomic E-state index is 11.1.